The lowest BCUT2D eigenvalue weighted by Crippen LogP contribution is -2.25. The van der Waals surface area contributed by atoms with Crippen LogP contribution in [0, 0.1) is 11.8 Å². The molecule has 2 unspecified atom stereocenters. The second-order valence-corrected chi connectivity index (χ2v) is 5.59. The highest BCUT2D eigenvalue weighted by atomic mass is 16.4. The Morgan fingerprint density at radius 1 is 1.36 bits per heavy atom. The number of carboxylic acids is 1. The lowest BCUT2D eigenvalue weighted by atomic mass is 10.1. The van der Waals surface area contributed by atoms with Crippen molar-refractivity contribution in [3.05, 3.63) is 24.3 Å². The van der Waals surface area contributed by atoms with Gasteiger partial charge in [-0.2, -0.15) is 0 Å². The summed E-state index contributed by atoms with van der Waals surface area (Å²) in [6.45, 7) is 4.00. The highest BCUT2D eigenvalue weighted by Crippen LogP contribution is 2.26. The summed E-state index contributed by atoms with van der Waals surface area (Å²) in [6.07, 6.45) is 0.796. The van der Waals surface area contributed by atoms with Crippen LogP contribution in [-0.2, 0) is 14.4 Å². The molecule has 6 heteroatoms. The summed E-state index contributed by atoms with van der Waals surface area (Å²) in [5, 5.41) is 11.8. The molecule has 118 valence electrons. The summed E-state index contributed by atoms with van der Waals surface area (Å²) < 4.78 is 0. The van der Waals surface area contributed by atoms with Crippen LogP contribution in [0.3, 0.4) is 0 Å². The molecular weight excluding hydrogens is 284 g/mol. The van der Waals surface area contributed by atoms with Crippen LogP contribution in [0.2, 0.25) is 0 Å². The summed E-state index contributed by atoms with van der Waals surface area (Å²) >= 11 is 0. The van der Waals surface area contributed by atoms with E-state index in [1.54, 1.807) is 24.3 Å². The Labute approximate surface area is 129 Å². The Kier molecular flexibility index (Phi) is 4.80. The predicted octanol–water partition coefficient (Wildman–Crippen LogP) is 2.11. The van der Waals surface area contributed by atoms with E-state index >= 15 is 0 Å². The normalized spacial score (nSPS) is 19.1. The molecule has 6 nitrogen and oxygen atoms in total. The zero-order valence-corrected chi connectivity index (χ0v) is 12.7. The average molecular weight is 304 g/mol. The molecule has 0 bridgehead atoms. The minimum Gasteiger partial charge on any atom is -0.481 e. The first kappa shape index (κ1) is 16.0. The largest absolute Gasteiger partial charge is 0.481 e. The number of amides is 2. The number of carboxylic acid groups (broad SMARTS) is 1. The fourth-order valence-electron chi connectivity index (χ4n) is 2.30. The first-order chi connectivity index (χ1) is 10.4. The monoisotopic (exact) mass is 304 g/mol. The zero-order chi connectivity index (χ0) is 16.3. The number of rotatable bonds is 5. The van der Waals surface area contributed by atoms with Gasteiger partial charge >= 0.3 is 5.97 Å². The minimum atomic E-state index is -0.951. The van der Waals surface area contributed by atoms with E-state index in [4.69, 9.17) is 5.11 Å². The number of carbonyl (C=O) groups is 3. The number of carbonyl (C=O) groups excluding carboxylic acids is 2. The van der Waals surface area contributed by atoms with Crippen LogP contribution in [0.25, 0.3) is 0 Å². The molecule has 0 aromatic heterocycles. The molecule has 1 aliphatic heterocycles. The summed E-state index contributed by atoms with van der Waals surface area (Å²) in [5.74, 6) is -1.90. The maximum Gasteiger partial charge on any atom is 0.308 e. The SMILES string of the molecule is CCC(C)C(=O)Nc1ccc(N2CC(C(=O)O)CC2=O)cc1. The van der Waals surface area contributed by atoms with Gasteiger partial charge in [0, 0.05) is 30.3 Å². The Hall–Kier alpha value is -2.37. The van der Waals surface area contributed by atoms with E-state index in [0.29, 0.717) is 11.4 Å². The number of aliphatic carboxylic acids is 1. The maximum absolute atomic E-state index is 11.9. The molecule has 2 atom stereocenters. The Morgan fingerprint density at radius 3 is 2.50 bits per heavy atom. The van der Waals surface area contributed by atoms with Crippen LogP contribution >= 0.6 is 0 Å². The topological polar surface area (TPSA) is 86.7 Å². The number of benzene rings is 1. The molecule has 1 saturated heterocycles. The van der Waals surface area contributed by atoms with E-state index in [-0.39, 0.29) is 30.7 Å². The van der Waals surface area contributed by atoms with Crippen LogP contribution in [0.5, 0.6) is 0 Å². The van der Waals surface area contributed by atoms with E-state index in [1.807, 2.05) is 13.8 Å². The summed E-state index contributed by atoms with van der Waals surface area (Å²) in [7, 11) is 0. The fourth-order valence-corrected chi connectivity index (χ4v) is 2.30. The van der Waals surface area contributed by atoms with Crippen LogP contribution in [-0.4, -0.2) is 29.4 Å². The first-order valence-corrected chi connectivity index (χ1v) is 7.36. The van der Waals surface area contributed by atoms with Gasteiger partial charge in [-0.15, -0.1) is 0 Å². The summed E-state index contributed by atoms with van der Waals surface area (Å²) in [5.41, 5.74) is 1.31. The Balaban J connectivity index is 2.05. The highest BCUT2D eigenvalue weighted by Gasteiger charge is 2.34. The molecule has 1 aliphatic rings. The van der Waals surface area contributed by atoms with Crippen molar-refractivity contribution in [2.45, 2.75) is 26.7 Å². The van der Waals surface area contributed by atoms with E-state index in [0.717, 1.165) is 6.42 Å². The van der Waals surface area contributed by atoms with E-state index in [1.165, 1.54) is 4.90 Å². The van der Waals surface area contributed by atoms with Gasteiger partial charge in [0.25, 0.3) is 0 Å². The Bertz CT molecular complexity index is 582. The molecule has 0 saturated carbocycles. The van der Waals surface area contributed by atoms with Crippen LogP contribution < -0.4 is 10.2 Å². The zero-order valence-electron chi connectivity index (χ0n) is 12.7. The third-order valence-corrected chi connectivity index (χ3v) is 3.98. The second-order valence-electron chi connectivity index (χ2n) is 5.59. The lowest BCUT2D eigenvalue weighted by molar-refractivity contribution is -0.141. The molecule has 2 rings (SSSR count). The quantitative estimate of drug-likeness (QED) is 0.872. The minimum absolute atomic E-state index is 0.0296. The number of nitrogens with zero attached hydrogens (tertiary/aromatic N) is 1. The van der Waals surface area contributed by atoms with E-state index in [2.05, 4.69) is 5.32 Å². The van der Waals surface area contributed by atoms with E-state index < -0.39 is 11.9 Å². The van der Waals surface area contributed by atoms with Crippen LogP contribution in [0.1, 0.15) is 26.7 Å². The molecule has 0 aliphatic carbocycles. The van der Waals surface area contributed by atoms with Crippen LogP contribution in [0.4, 0.5) is 11.4 Å². The fraction of sp³-hybridized carbons (Fsp3) is 0.438. The molecule has 1 fully saturated rings. The molecule has 2 amide bonds. The van der Waals surface area contributed by atoms with Gasteiger partial charge in [-0.05, 0) is 30.7 Å². The number of anilines is 2. The van der Waals surface area contributed by atoms with E-state index in [9.17, 15) is 14.4 Å². The molecule has 22 heavy (non-hydrogen) atoms. The Morgan fingerprint density at radius 2 is 2.00 bits per heavy atom. The standard InChI is InChI=1S/C16H20N2O4/c1-3-10(2)15(20)17-12-4-6-13(7-5-12)18-9-11(16(21)22)8-14(18)19/h4-7,10-11H,3,8-9H2,1-2H3,(H,17,20)(H,21,22). The molecule has 2 N–H and O–H groups in total. The van der Waals surface area contributed by atoms with Gasteiger partial charge in [0.2, 0.25) is 11.8 Å². The molecular formula is C16H20N2O4. The van der Waals surface area contributed by atoms with Crippen molar-refractivity contribution in [2.24, 2.45) is 11.8 Å². The maximum atomic E-state index is 11.9. The highest BCUT2D eigenvalue weighted by molar-refractivity contribution is 5.99. The summed E-state index contributed by atoms with van der Waals surface area (Å²) in [4.78, 5) is 36.1. The summed E-state index contributed by atoms with van der Waals surface area (Å²) in [6, 6.07) is 6.87. The molecule has 1 heterocycles. The van der Waals surface area contributed by atoms with Gasteiger partial charge in [0.15, 0.2) is 0 Å². The van der Waals surface area contributed by atoms with Crippen LogP contribution in [0.15, 0.2) is 24.3 Å². The number of hydrogen-bond acceptors (Lipinski definition) is 3. The van der Waals surface area contributed by atoms with Gasteiger partial charge in [-0.3, -0.25) is 14.4 Å². The number of nitrogens with one attached hydrogen (secondary N) is 1. The molecule has 0 radical (unpaired) electrons. The van der Waals surface area contributed by atoms with Crippen molar-refractivity contribution in [3.8, 4) is 0 Å². The second kappa shape index (κ2) is 6.60. The van der Waals surface area contributed by atoms with Crippen molar-refractivity contribution in [1.82, 2.24) is 0 Å². The van der Waals surface area contributed by atoms with Gasteiger partial charge in [0.1, 0.15) is 0 Å². The predicted molar refractivity (Wildman–Crippen MR) is 82.6 cm³/mol. The molecule has 1 aromatic carbocycles. The van der Waals surface area contributed by atoms with Crippen molar-refractivity contribution in [1.29, 1.82) is 0 Å². The molecule has 1 aromatic rings. The van der Waals surface area contributed by atoms with Crippen molar-refractivity contribution in [3.63, 3.8) is 0 Å². The number of hydrogen-bond donors (Lipinski definition) is 2. The van der Waals surface area contributed by atoms with Crippen molar-refractivity contribution >= 4 is 29.2 Å². The van der Waals surface area contributed by atoms with Crippen molar-refractivity contribution < 1.29 is 19.5 Å². The van der Waals surface area contributed by atoms with Gasteiger partial charge < -0.3 is 15.3 Å². The van der Waals surface area contributed by atoms with Gasteiger partial charge in [0.05, 0.1) is 5.92 Å². The molecule has 0 spiro atoms. The third kappa shape index (κ3) is 3.44. The smallest absolute Gasteiger partial charge is 0.308 e. The third-order valence-electron chi connectivity index (χ3n) is 3.98. The average Bonchev–Trinajstić information content (AvgIpc) is 2.89. The first-order valence-electron chi connectivity index (χ1n) is 7.36. The lowest BCUT2D eigenvalue weighted by Gasteiger charge is -2.17. The van der Waals surface area contributed by atoms with Crippen molar-refractivity contribution in [2.75, 3.05) is 16.8 Å². The van der Waals surface area contributed by atoms with Gasteiger partial charge in [-0.25, -0.2) is 0 Å². The van der Waals surface area contributed by atoms with Gasteiger partial charge in [-0.1, -0.05) is 13.8 Å².